The number of nitrogens with zero attached hydrogens (tertiary/aromatic N) is 1. The number of halogens is 3. The average molecular weight is 320 g/mol. The number of hydrogen-bond donors (Lipinski definition) is 1. The van der Waals surface area contributed by atoms with Crippen LogP contribution in [0.4, 0.5) is 19.0 Å². The summed E-state index contributed by atoms with van der Waals surface area (Å²) in [5.41, 5.74) is 0.167. The van der Waals surface area contributed by atoms with Gasteiger partial charge in [-0.2, -0.15) is 13.2 Å². The summed E-state index contributed by atoms with van der Waals surface area (Å²) in [4.78, 5) is 3.88. The molecular weight excluding hydrogens is 305 g/mol. The second-order valence-electron chi connectivity index (χ2n) is 4.73. The normalized spacial score (nSPS) is 10.9. The minimum Gasteiger partial charge on any atom is -0.493 e. The molecule has 2 rings (SSSR count). The predicted octanol–water partition coefficient (Wildman–Crippen LogP) is 4.11. The third kappa shape index (κ3) is 5.22. The van der Waals surface area contributed by atoms with E-state index in [9.17, 15) is 13.2 Å². The highest BCUT2D eigenvalue weighted by Gasteiger charge is 2.30. The van der Waals surface area contributed by atoms with Gasteiger partial charge in [-0.05, 0) is 29.8 Å². The van der Waals surface area contributed by atoms with Crippen LogP contribution in [0.5, 0.6) is 5.75 Å². The number of aromatic nitrogens is 1. The maximum absolute atomic E-state index is 12.6. The van der Waals surface area contributed by atoms with Crippen molar-refractivity contribution in [3.8, 4) is 18.1 Å². The molecule has 6 heteroatoms. The van der Waals surface area contributed by atoms with Crippen LogP contribution in [0, 0.1) is 12.3 Å². The monoisotopic (exact) mass is 320 g/mol. The second kappa shape index (κ2) is 7.54. The van der Waals surface area contributed by atoms with E-state index in [1.165, 1.54) is 0 Å². The van der Waals surface area contributed by atoms with Crippen molar-refractivity contribution in [3.05, 3.63) is 53.7 Å². The topological polar surface area (TPSA) is 34.1 Å². The lowest BCUT2D eigenvalue weighted by molar-refractivity contribution is -0.137. The molecule has 2 aromatic rings. The lowest BCUT2D eigenvalue weighted by Gasteiger charge is -2.10. The highest BCUT2D eigenvalue weighted by atomic mass is 19.4. The van der Waals surface area contributed by atoms with Gasteiger partial charge in [0, 0.05) is 19.2 Å². The number of nitrogens with one attached hydrogen (secondary N) is 1. The van der Waals surface area contributed by atoms with Crippen LogP contribution in [-0.2, 0) is 12.7 Å². The van der Waals surface area contributed by atoms with Crippen LogP contribution in [0.1, 0.15) is 17.5 Å². The average Bonchev–Trinajstić information content (AvgIpc) is 2.54. The van der Waals surface area contributed by atoms with Crippen molar-refractivity contribution < 1.29 is 17.9 Å². The molecule has 3 nitrogen and oxygen atoms in total. The Morgan fingerprint density at radius 3 is 2.57 bits per heavy atom. The van der Waals surface area contributed by atoms with Crippen molar-refractivity contribution in [2.45, 2.75) is 19.1 Å². The first kappa shape index (κ1) is 16.7. The standard InChI is InChI=1S/C17H15F3N2O/c1-2-3-10-23-15-6-4-13(5-7-15)12-22-16-11-14(8-9-21-16)17(18,19)20/h1,4-9,11H,3,10,12H2,(H,21,22). The summed E-state index contributed by atoms with van der Waals surface area (Å²) < 4.78 is 43.3. The van der Waals surface area contributed by atoms with Crippen molar-refractivity contribution in [2.24, 2.45) is 0 Å². The van der Waals surface area contributed by atoms with Gasteiger partial charge in [-0.25, -0.2) is 4.98 Å². The van der Waals surface area contributed by atoms with Crippen molar-refractivity contribution in [3.63, 3.8) is 0 Å². The summed E-state index contributed by atoms with van der Waals surface area (Å²) in [5, 5.41) is 2.87. The second-order valence-corrected chi connectivity index (χ2v) is 4.73. The number of pyridine rings is 1. The van der Waals surface area contributed by atoms with E-state index >= 15 is 0 Å². The maximum atomic E-state index is 12.6. The lowest BCUT2D eigenvalue weighted by atomic mass is 10.2. The molecule has 23 heavy (non-hydrogen) atoms. The van der Waals surface area contributed by atoms with Gasteiger partial charge in [0.05, 0.1) is 12.2 Å². The van der Waals surface area contributed by atoms with E-state index < -0.39 is 11.7 Å². The van der Waals surface area contributed by atoms with Gasteiger partial charge in [-0.1, -0.05) is 12.1 Å². The van der Waals surface area contributed by atoms with E-state index in [1.54, 1.807) is 12.1 Å². The molecule has 0 amide bonds. The summed E-state index contributed by atoms with van der Waals surface area (Å²) in [6.07, 6.45) is 2.42. The van der Waals surface area contributed by atoms with Crippen LogP contribution in [0.15, 0.2) is 42.6 Å². The smallest absolute Gasteiger partial charge is 0.416 e. The zero-order valence-electron chi connectivity index (χ0n) is 12.2. The van der Waals surface area contributed by atoms with E-state index in [4.69, 9.17) is 11.2 Å². The fourth-order valence-electron chi connectivity index (χ4n) is 1.83. The van der Waals surface area contributed by atoms with Crippen molar-refractivity contribution in [1.29, 1.82) is 0 Å². The van der Waals surface area contributed by atoms with Crippen LogP contribution in [0.2, 0.25) is 0 Å². The molecule has 0 aliphatic heterocycles. The number of rotatable bonds is 6. The SMILES string of the molecule is C#CCCOc1ccc(CNc2cc(C(F)(F)F)ccn2)cc1. The van der Waals surface area contributed by atoms with Crippen LogP contribution >= 0.6 is 0 Å². The molecule has 1 N–H and O–H groups in total. The lowest BCUT2D eigenvalue weighted by Crippen LogP contribution is -2.07. The van der Waals surface area contributed by atoms with Crippen LogP contribution in [0.25, 0.3) is 0 Å². The van der Waals surface area contributed by atoms with E-state index in [-0.39, 0.29) is 5.82 Å². The number of hydrogen-bond acceptors (Lipinski definition) is 3. The summed E-state index contributed by atoms with van der Waals surface area (Å²) in [5.74, 6) is 3.35. The molecule has 0 radical (unpaired) electrons. The largest absolute Gasteiger partial charge is 0.493 e. The molecule has 0 bridgehead atoms. The van der Waals surface area contributed by atoms with Crippen molar-refractivity contribution in [2.75, 3.05) is 11.9 Å². The number of terminal acetylenes is 1. The Morgan fingerprint density at radius 1 is 1.17 bits per heavy atom. The van der Waals surface area contributed by atoms with Gasteiger partial charge in [0.1, 0.15) is 11.6 Å². The maximum Gasteiger partial charge on any atom is 0.416 e. The van der Waals surface area contributed by atoms with E-state index in [1.807, 2.05) is 12.1 Å². The first-order valence-electron chi connectivity index (χ1n) is 6.91. The number of alkyl halides is 3. The van der Waals surface area contributed by atoms with Crippen LogP contribution < -0.4 is 10.1 Å². The van der Waals surface area contributed by atoms with E-state index in [0.29, 0.717) is 25.3 Å². The molecule has 0 atom stereocenters. The van der Waals surface area contributed by atoms with Gasteiger partial charge in [0.25, 0.3) is 0 Å². The Labute approximate surface area is 132 Å². The van der Waals surface area contributed by atoms with Crippen molar-refractivity contribution >= 4 is 5.82 Å². The Balaban J connectivity index is 1.92. The van der Waals surface area contributed by atoms with Gasteiger partial charge in [0.2, 0.25) is 0 Å². The number of anilines is 1. The number of benzene rings is 1. The predicted molar refractivity (Wildman–Crippen MR) is 82.0 cm³/mol. The molecule has 0 aliphatic rings. The van der Waals surface area contributed by atoms with Gasteiger partial charge in [-0.15, -0.1) is 12.3 Å². The molecular formula is C17H15F3N2O. The zero-order chi connectivity index (χ0) is 16.7. The molecule has 0 aliphatic carbocycles. The minimum atomic E-state index is -4.38. The first-order chi connectivity index (χ1) is 11.0. The summed E-state index contributed by atoms with van der Waals surface area (Å²) in [6.45, 7) is 0.807. The molecule has 1 aromatic heterocycles. The van der Waals surface area contributed by atoms with E-state index in [0.717, 1.165) is 23.9 Å². The highest BCUT2D eigenvalue weighted by Crippen LogP contribution is 2.29. The highest BCUT2D eigenvalue weighted by molar-refractivity contribution is 5.40. The zero-order valence-corrected chi connectivity index (χ0v) is 12.2. The summed E-state index contributed by atoms with van der Waals surface area (Å²) in [7, 11) is 0. The third-order valence-corrected chi connectivity index (χ3v) is 3.00. The molecule has 1 aromatic carbocycles. The molecule has 0 spiro atoms. The quantitative estimate of drug-likeness (QED) is 0.642. The van der Waals surface area contributed by atoms with Crippen LogP contribution in [-0.4, -0.2) is 11.6 Å². The fraction of sp³-hybridized carbons (Fsp3) is 0.235. The molecule has 1 heterocycles. The molecule has 0 saturated carbocycles. The summed E-state index contributed by atoms with van der Waals surface area (Å²) >= 11 is 0. The van der Waals surface area contributed by atoms with Gasteiger partial charge >= 0.3 is 6.18 Å². The first-order valence-corrected chi connectivity index (χ1v) is 6.91. The Bertz CT molecular complexity index is 675. The Hall–Kier alpha value is -2.68. The Kier molecular flexibility index (Phi) is 5.47. The molecule has 120 valence electrons. The van der Waals surface area contributed by atoms with Gasteiger partial charge in [-0.3, -0.25) is 0 Å². The molecule has 0 fully saturated rings. The van der Waals surface area contributed by atoms with Gasteiger partial charge < -0.3 is 10.1 Å². The van der Waals surface area contributed by atoms with Gasteiger partial charge in [0.15, 0.2) is 0 Å². The number of ether oxygens (including phenoxy) is 1. The van der Waals surface area contributed by atoms with E-state index in [2.05, 4.69) is 16.2 Å². The molecule has 0 saturated heterocycles. The third-order valence-electron chi connectivity index (χ3n) is 3.00. The Morgan fingerprint density at radius 2 is 1.91 bits per heavy atom. The van der Waals surface area contributed by atoms with Crippen LogP contribution in [0.3, 0.4) is 0 Å². The molecule has 0 unspecified atom stereocenters. The van der Waals surface area contributed by atoms with Crippen molar-refractivity contribution in [1.82, 2.24) is 4.98 Å². The fourth-order valence-corrected chi connectivity index (χ4v) is 1.83. The summed E-state index contributed by atoms with van der Waals surface area (Å²) in [6, 6.07) is 9.14. The minimum absolute atomic E-state index is 0.175.